The Morgan fingerprint density at radius 3 is 2.93 bits per heavy atom. The van der Waals surface area contributed by atoms with Gasteiger partial charge in [-0.3, -0.25) is 4.79 Å². The Labute approximate surface area is 87.9 Å². The molecule has 0 bridgehead atoms. The van der Waals surface area contributed by atoms with E-state index in [1.807, 2.05) is 25.1 Å². The number of rotatable bonds is 4. The summed E-state index contributed by atoms with van der Waals surface area (Å²) in [5, 5.41) is 3.38. The van der Waals surface area contributed by atoms with Crippen molar-refractivity contribution in [2.75, 3.05) is 6.54 Å². The van der Waals surface area contributed by atoms with Crippen molar-refractivity contribution in [1.29, 1.82) is 0 Å². The van der Waals surface area contributed by atoms with E-state index in [1.54, 1.807) is 12.1 Å². The zero-order valence-electron chi connectivity index (χ0n) is 8.42. The molecule has 0 N–H and O–H groups in total. The molecule has 0 unspecified atom stereocenters. The topological polar surface area (TPSA) is 65.8 Å². The lowest BCUT2D eigenvalue weighted by Gasteiger charge is -1.99. The highest BCUT2D eigenvalue weighted by Crippen LogP contribution is 2.10. The zero-order chi connectivity index (χ0) is 11.1. The molecule has 4 heteroatoms. The minimum absolute atomic E-state index is 0.338. The molecular weight excluding hydrogens is 190 g/mol. The normalized spacial score (nSPS) is 9.93. The first kappa shape index (κ1) is 11.0. The maximum absolute atomic E-state index is 10.6. The van der Waals surface area contributed by atoms with Gasteiger partial charge in [-0.25, -0.2) is 0 Å². The summed E-state index contributed by atoms with van der Waals surface area (Å²) in [6.07, 6.45) is 4.47. The third-order valence-electron chi connectivity index (χ3n) is 1.98. The number of aldehydes is 1. The number of hydrogen-bond acceptors (Lipinski definition) is 2. The van der Waals surface area contributed by atoms with Crippen LogP contribution in [0, 0.1) is 6.92 Å². The maximum Gasteiger partial charge on any atom is 0.150 e. The van der Waals surface area contributed by atoms with Crippen molar-refractivity contribution in [1.82, 2.24) is 0 Å². The van der Waals surface area contributed by atoms with E-state index >= 15 is 0 Å². The molecule has 0 saturated heterocycles. The molecule has 0 spiro atoms. The van der Waals surface area contributed by atoms with Gasteiger partial charge in [-0.05, 0) is 23.6 Å². The number of aryl methyl sites for hydroxylation is 1. The SMILES string of the molecule is Cc1cc(C=CCN=[N+]=[N-])ccc1C=O. The van der Waals surface area contributed by atoms with Gasteiger partial charge in [0.25, 0.3) is 0 Å². The van der Waals surface area contributed by atoms with Gasteiger partial charge in [0.1, 0.15) is 6.29 Å². The quantitative estimate of drug-likeness (QED) is 0.319. The average molecular weight is 201 g/mol. The lowest BCUT2D eigenvalue weighted by Crippen LogP contribution is -1.86. The second kappa shape index (κ2) is 5.62. The Balaban J connectivity index is 2.79. The molecule has 0 aliphatic heterocycles. The Kier molecular flexibility index (Phi) is 4.13. The van der Waals surface area contributed by atoms with E-state index in [4.69, 9.17) is 5.53 Å². The van der Waals surface area contributed by atoms with E-state index < -0.39 is 0 Å². The van der Waals surface area contributed by atoms with Crippen LogP contribution >= 0.6 is 0 Å². The summed E-state index contributed by atoms with van der Waals surface area (Å²) in [5.74, 6) is 0. The smallest absolute Gasteiger partial charge is 0.150 e. The van der Waals surface area contributed by atoms with Gasteiger partial charge in [0.05, 0.1) is 0 Å². The number of azide groups is 1. The van der Waals surface area contributed by atoms with E-state index in [0.29, 0.717) is 12.1 Å². The van der Waals surface area contributed by atoms with Gasteiger partial charge in [-0.15, -0.1) is 0 Å². The van der Waals surface area contributed by atoms with Gasteiger partial charge in [-0.1, -0.05) is 35.5 Å². The number of carbonyl (C=O) groups excluding carboxylic acids is 1. The van der Waals surface area contributed by atoms with Gasteiger partial charge in [0.15, 0.2) is 0 Å². The lowest BCUT2D eigenvalue weighted by atomic mass is 10.1. The maximum atomic E-state index is 10.6. The molecule has 4 nitrogen and oxygen atoms in total. The second-order valence-electron chi connectivity index (χ2n) is 3.05. The Morgan fingerprint density at radius 2 is 2.33 bits per heavy atom. The van der Waals surface area contributed by atoms with Crippen LogP contribution in [0.4, 0.5) is 0 Å². The third kappa shape index (κ3) is 3.29. The van der Waals surface area contributed by atoms with Gasteiger partial charge in [0, 0.05) is 17.0 Å². The summed E-state index contributed by atoms with van der Waals surface area (Å²) < 4.78 is 0. The fourth-order valence-corrected chi connectivity index (χ4v) is 1.21. The lowest BCUT2D eigenvalue weighted by molar-refractivity contribution is 0.112. The van der Waals surface area contributed by atoms with Crippen molar-refractivity contribution in [3.05, 3.63) is 51.4 Å². The Morgan fingerprint density at radius 1 is 1.53 bits per heavy atom. The van der Waals surface area contributed by atoms with E-state index in [9.17, 15) is 4.79 Å². The average Bonchev–Trinajstić information content (AvgIpc) is 2.25. The molecule has 0 amide bonds. The number of hydrogen-bond donors (Lipinski definition) is 0. The summed E-state index contributed by atoms with van der Waals surface area (Å²) in [4.78, 5) is 13.2. The molecule has 0 saturated carbocycles. The molecular formula is C11H11N3O. The zero-order valence-corrected chi connectivity index (χ0v) is 8.42. The molecule has 1 aromatic carbocycles. The number of nitrogens with zero attached hydrogens (tertiary/aromatic N) is 3. The van der Waals surface area contributed by atoms with Crippen molar-refractivity contribution in [3.63, 3.8) is 0 Å². The predicted molar refractivity (Wildman–Crippen MR) is 59.6 cm³/mol. The highest BCUT2D eigenvalue weighted by atomic mass is 16.1. The molecule has 0 aromatic heterocycles. The van der Waals surface area contributed by atoms with Gasteiger partial charge >= 0.3 is 0 Å². The fourth-order valence-electron chi connectivity index (χ4n) is 1.21. The first-order valence-corrected chi connectivity index (χ1v) is 4.51. The third-order valence-corrected chi connectivity index (χ3v) is 1.98. The molecule has 76 valence electrons. The van der Waals surface area contributed by atoms with E-state index in [1.165, 1.54) is 0 Å². The highest BCUT2D eigenvalue weighted by molar-refractivity contribution is 5.77. The van der Waals surface area contributed by atoms with Crippen LogP contribution in [0.1, 0.15) is 21.5 Å². The standard InChI is InChI=1S/C11H11N3O/c1-9-7-10(3-2-6-13-14-12)4-5-11(9)8-15/h2-5,7-8H,6H2,1H3. The van der Waals surface area contributed by atoms with Crippen molar-refractivity contribution in [2.45, 2.75) is 6.92 Å². The number of benzene rings is 1. The van der Waals surface area contributed by atoms with Crippen LogP contribution in [-0.4, -0.2) is 12.8 Å². The van der Waals surface area contributed by atoms with Crippen molar-refractivity contribution in [2.24, 2.45) is 5.11 Å². The predicted octanol–water partition coefficient (Wildman–Crippen LogP) is 3.13. The van der Waals surface area contributed by atoms with Gasteiger partial charge in [-0.2, -0.15) is 0 Å². The van der Waals surface area contributed by atoms with Gasteiger partial charge < -0.3 is 0 Å². The molecule has 0 fully saturated rings. The number of carbonyl (C=O) groups is 1. The minimum Gasteiger partial charge on any atom is -0.298 e. The molecule has 1 rings (SSSR count). The minimum atomic E-state index is 0.338. The highest BCUT2D eigenvalue weighted by Gasteiger charge is 1.95. The molecule has 1 aromatic rings. The Bertz CT molecular complexity index is 431. The van der Waals surface area contributed by atoms with Gasteiger partial charge in [0.2, 0.25) is 0 Å². The van der Waals surface area contributed by atoms with Crippen molar-refractivity contribution < 1.29 is 4.79 Å². The van der Waals surface area contributed by atoms with Crippen LogP contribution in [0.25, 0.3) is 16.5 Å². The monoisotopic (exact) mass is 201 g/mol. The van der Waals surface area contributed by atoms with Crippen LogP contribution < -0.4 is 0 Å². The van der Waals surface area contributed by atoms with Crippen LogP contribution in [0.3, 0.4) is 0 Å². The van der Waals surface area contributed by atoms with Crippen LogP contribution in [0.15, 0.2) is 29.4 Å². The van der Waals surface area contributed by atoms with E-state index in [0.717, 1.165) is 17.4 Å². The molecule has 0 heterocycles. The molecule has 15 heavy (non-hydrogen) atoms. The summed E-state index contributed by atoms with van der Waals surface area (Å²) in [5.41, 5.74) is 10.7. The summed E-state index contributed by atoms with van der Waals surface area (Å²) in [6, 6.07) is 5.54. The second-order valence-corrected chi connectivity index (χ2v) is 3.05. The largest absolute Gasteiger partial charge is 0.298 e. The summed E-state index contributed by atoms with van der Waals surface area (Å²) in [6.45, 7) is 2.22. The first-order chi connectivity index (χ1) is 7.27. The fraction of sp³-hybridized carbons (Fsp3) is 0.182. The molecule has 0 atom stereocenters. The van der Waals surface area contributed by atoms with Crippen LogP contribution in [0.5, 0.6) is 0 Å². The van der Waals surface area contributed by atoms with E-state index in [2.05, 4.69) is 10.0 Å². The molecule has 0 radical (unpaired) electrons. The van der Waals surface area contributed by atoms with Crippen molar-refractivity contribution >= 4 is 12.4 Å². The summed E-state index contributed by atoms with van der Waals surface area (Å²) >= 11 is 0. The van der Waals surface area contributed by atoms with Crippen LogP contribution in [-0.2, 0) is 0 Å². The van der Waals surface area contributed by atoms with Crippen molar-refractivity contribution in [3.8, 4) is 0 Å². The van der Waals surface area contributed by atoms with E-state index in [-0.39, 0.29) is 0 Å². The van der Waals surface area contributed by atoms with Crippen LogP contribution in [0.2, 0.25) is 0 Å². The Hall–Kier alpha value is -2.06. The molecule has 0 aliphatic carbocycles. The summed E-state index contributed by atoms with van der Waals surface area (Å²) in [7, 11) is 0. The first-order valence-electron chi connectivity index (χ1n) is 4.51. The molecule has 0 aliphatic rings.